The maximum absolute atomic E-state index is 11.9. The molecule has 2 N–H and O–H groups in total. The smallest absolute Gasteiger partial charge is 0.309 e. The van der Waals surface area contributed by atoms with E-state index in [2.05, 4.69) is 12.2 Å². The number of nitrogens with one attached hydrogen (secondary N) is 1. The van der Waals surface area contributed by atoms with E-state index in [1.165, 1.54) is 25.7 Å². The third-order valence-electron chi connectivity index (χ3n) is 4.20. The van der Waals surface area contributed by atoms with Crippen molar-refractivity contribution in [2.75, 3.05) is 6.54 Å². The molecule has 1 aliphatic carbocycles. The molecule has 0 aliphatic heterocycles. The van der Waals surface area contributed by atoms with Gasteiger partial charge in [0.25, 0.3) is 0 Å². The number of carboxylic acid groups (broad SMARTS) is 1. The van der Waals surface area contributed by atoms with Crippen LogP contribution in [-0.2, 0) is 9.59 Å². The Morgan fingerprint density at radius 1 is 1.16 bits per heavy atom. The Morgan fingerprint density at radius 2 is 1.68 bits per heavy atom. The van der Waals surface area contributed by atoms with E-state index in [0.29, 0.717) is 6.54 Å². The van der Waals surface area contributed by atoms with E-state index in [9.17, 15) is 9.59 Å². The molecule has 19 heavy (non-hydrogen) atoms. The lowest BCUT2D eigenvalue weighted by Gasteiger charge is -2.29. The van der Waals surface area contributed by atoms with Gasteiger partial charge in [0.1, 0.15) is 0 Å². The Bertz CT molecular complexity index is 328. The SMILES string of the molecule is CC1(CNC(=O)CC(C)(C)C(=O)O)CCCCCC1. The van der Waals surface area contributed by atoms with Gasteiger partial charge in [-0.1, -0.05) is 32.6 Å². The van der Waals surface area contributed by atoms with Gasteiger partial charge in [-0.05, 0) is 32.1 Å². The molecule has 4 heteroatoms. The van der Waals surface area contributed by atoms with E-state index in [1.807, 2.05) is 0 Å². The van der Waals surface area contributed by atoms with Crippen LogP contribution >= 0.6 is 0 Å². The lowest BCUT2D eigenvalue weighted by molar-refractivity contribution is -0.149. The maximum Gasteiger partial charge on any atom is 0.309 e. The quantitative estimate of drug-likeness (QED) is 0.754. The largest absolute Gasteiger partial charge is 0.481 e. The van der Waals surface area contributed by atoms with Crippen molar-refractivity contribution in [2.45, 2.75) is 65.7 Å². The number of hydrogen-bond donors (Lipinski definition) is 2. The molecule has 110 valence electrons. The fourth-order valence-corrected chi connectivity index (χ4v) is 2.61. The molecular weight excluding hydrogens is 242 g/mol. The minimum absolute atomic E-state index is 0.0401. The molecule has 0 unspecified atom stereocenters. The minimum Gasteiger partial charge on any atom is -0.481 e. The zero-order chi connectivity index (χ0) is 14.5. The second-order valence-electron chi connectivity index (χ2n) is 6.87. The Morgan fingerprint density at radius 3 is 2.16 bits per heavy atom. The molecule has 1 aliphatic rings. The standard InChI is InChI=1S/C15H27NO3/c1-14(2,13(18)19)10-12(17)16-11-15(3)8-6-4-5-7-9-15/h4-11H2,1-3H3,(H,16,17)(H,18,19). The van der Waals surface area contributed by atoms with Crippen LogP contribution in [0.5, 0.6) is 0 Å². The second-order valence-corrected chi connectivity index (χ2v) is 6.87. The monoisotopic (exact) mass is 269 g/mol. The molecule has 1 fully saturated rings. The molecule has 4 nitrogen and oxygen atoms in total. The Kier molecular flexibility index (Phi) is 5.39. The van der Waals surface area contributed by atoms with Gasteiger partial charge < -0.3 is 10.4 Å². The van der Waals surface area contributed by atoms with Crippen molar-refractivity contribution in [3.05, 3.63) is 0 Å². The van der Waals surface area contributed by atoms with Gasteiger partial charge in [-0.25, -0.2) is 0 Å². The highest BCUT2D eigenvalue weighted by Gasteiger charge is 2.31. The molecule has 1 saturated carbocycles. The summed E-state index contributed by atoms with van der Waals surface area (Å²) in [5.41, 5.74) is -0.812. The highest BCUT2D eigenvalue weighted by atomic mass is 16.4. The first-order valence-corrected chi connectivity index (χ1v) is 7.25. The van der Waals surface area contributed by atoms with Crippen molar-refractivity contribution < 1.29 is 14.7 Å². The molecule has 0 atom stereocenters. The van der Waals surface area contributed by atoms with Crippen LogP contribution in [0, 0.1) is 10.8 Å². The molecule has 0 bridgehead atoms. The molecule has 0 spiro atoms. The first kappa shape index (κ1) is 16.0. The van der Waals surface area contributed by atoms with Crippen molar-refractivity contribution in [1.29, 1.82) is 0 Å². The third kappa shape index (κ3) is 5.21. The van der Waals surface area contributed by atoms with Gasteiger partial charge in [-0.3, -0.25) is 9.59 Å². The molecule has 0 radical (unpaired) electrons. The van der Waals surface area contributed by atoms with Crippen LogP contribution in [0.1, 0.15) is 65.7 Å². The molecular formula is C15H27NO3. The Labute approximate surface area is 116 Å². The number of aliphatic carboxylic acids is 1. The van der Waals surface area contributed by atoms with Crippen molar-refractivity contribution >= 4 is 11.9 Å². The molecule has 1 amide bonds. The van der Waals surface area contributed by atoms with Gasteiger partial charge in [-0.15, -0.1) is 0 Å². The predicted octanol–water partition coefficient (Wildman–Crippen LogP) is 2.96. The second kappa shape index (κ2) is 6.40. The fourth-order valence-electron chi connectivity index (χ4n) is 2.61. The maximum atomic E-state index is 11.9. The molecule has 0 aromatic heterocycles. The minimum atomic E-state index is -0.992. The van der Waals surface area contributed by atoms with Crippen LogP contribution in [-0.4, -0.2) is 23.5 Å². The number of carbonyl (C=O) groups is 2. The van der Waals surface area contributed by atoms with Crippen molar-refractivity contribution in [3.63, 3.8) is 0 Å². The van der Waals surface area contributed by atoms with E-state index in [1.54, 1.807) is 13.8 Å². The third-order valence-corrected chi connectivity index (χ3v) is 4.20. The van der Waals surface area contributed by atoms with Crippen LogP contribution in [0.2, 0.25) is 0 Å². The lowest BCUT2D eigenvalue weighted by Crippen LogP contribution is -2.39. The van der Waals surface area contributed by atoms with Crippen molar-refractivity contribution in [1.82, 2.24) is 5.32 Å². The number of rotatable bonds is 5. The summed E-state index contributed by atoms with van der Waals surface area (Å²) in [6.07, 6.45) is 7.37. The molecule has 0 aromatic carbocycles. The Balaban J connectivity index is 2.43. The summed E-state index contributed by atoms with van der Waals surface area (Å²) >= 11 is 0. The number of hydrogen-bond acceptors (Lipinski definition) is 2. The average molecular weight is 269 g/mol. The zero-order valence-corrected chi connectivity index (χ0v) is 12.4. The first-order valence-electron chi connectivity index (χ1n) is 7.25. The topological polar surface area (TPSA) is 66.4 Å². The summed E-state index contributed by atoms with van der Waals surface area (Å²) in [7, 11) is 0. The summed E-state index contributed by atoms with van der Waals surface area (Å²) in [5.74, 6) is -1.08. The van der Waals surface area contributed by atoms with Gasteiger partial charge >= 0.3 is 5.97 Å². The van der Waals surface area contributed by atoms with Crippen LogP contribution in [0.25, 0.3) is 0 Å². The molecule has 0 saturated heterocycles. The number of amides is 1. The van der Waals surface area contributed by atoms with Gasteiger partial charge in [0, 0.05) is 13.0 Å². The fraction of sp³-hybridized carbons (Fsp3) is 0.867. The zero-order valence-electron chi connectivity index (χ0n) is 12.4. The summed E-state index contributed by atoms with van der Waals surface area (Å²) < 4.78 is 0. The van der Waals surface area contributed by atoms with E-state index in [4.69, 9.17) is 5.11 Å². The Hall–Kier alpha value is -1.06. The number of carboxylic acids is 1. The summed E-state index contributed by atoms with van der Waals surface area (Å²) in [6.45, 7) is 6.06. The number of carbonyl (C=O) groups excluding carboxylic acids is 1. The normalized spacial score (nSPS) is 19.5. The van der Waals surface area contributed by atoms with Crippen molar-refractivity contribution in [3.8, 4) is 0 Å². The predicted molar refractivity (Wildman–Crippen MR) is 74.9 cm³/mol. The molecule has 0 aromatic rings. The first-order chi connectivity index (χ1) is 8.75. The van der Waals surface area contributed by atoms with Crippen LogP contribution in [0.4, 0.5) is 0 Å². The summed E-state index contributed by atoms with van der Waals surface area (Å²) in [4.78, 5) is 22.9. The van der Waals surface area contributed by atoms with E-state index in [0.717, 1.165) is 12.8 Å². The van der Waals surface area contributed by atoms with Gasteiger partial charge in [0.2, 0.25) is 5.91 Å². The van der Waals surface area contributed by atoms with Gasteiger partial charge in [0.15, 0.2) is 0 Å². The van der Waals surface area contributed by atoms with E-state index >= 15 is 0 Å². The van der Waals surface area contributed by atoms with E-state index < -0.39 is 11.4 Å². The molecule has 0 heterocycles. The summed E-state index contributed by atoms with van der Waals surface area (Å²) in [5, 5.41) is 11.9. The van der Waals surface area contributed by atoms with Gasteiger partial charge in [-0.2, -0.15) is 0 Å². The summed E-state index contributed by atoms with van der Waals surface area (Å²) in [6, 6.07) is 0. The highest BCUT2D eigenvalue weighted by Crippen LogP contribution is 2.33. The van der Waals surface area contributed by atoms with Crippen molar-refractivity contribution in [2.24, 2.45) is 10.8 Å². The lowest BCUT2D eigenvalue weighted by atomic mass is 9.82. The van der Waals surface area contributed by atoms with Crippen LogP contribution < -0.4 is 5.32 Å². The highest BCUT2D eigenvalue weighted by molar-refractivity contribution is 5.84. The van der Waals surface area contributed by atoms with Crippen LogP contribution in [0.3, 0.4) is 0 Å². The molecule has 1 rings (SSSR count). The van der Waals surface area contributed by atoms with E-state index in [-0.39, 0.29) is 17.7 Å². The average Bonchev–Trinajstić information content (AvgIpc) is 2.51. The van der Waals surface area contributed by atoms with Crippen LogP contribution in [0.15, 0.2) is 0 Å². The van der Waals surface area contributed by atoms with Gasteiger partial charge in [0.05, 0.1) is 5.41 Å².